The van der Waals surface area contributed by atoms with Crippen LogP contribution >= 0.6 is 11.8 Å². The van der Waals surface area contributed by atoms with Gasteiger partial charge in [0.2, 0.25) is 5.91 Å². The Bertz CT molecular complexity index is 997. The zero-order chi connectivity index (χ0) is 23.5. The lowest BCUT2D eigenvalue weighted by molar-refractivity contribution is -0.385. The third kappa shape index (κ3) is 7.36. The maximum atomic E-state index is 12.5. The normalized spacial score (nSPS) is 10.3. The molecule has 0 saturated heterocycles. The Hall–Kier alpha value is -3.44. The molecule has 0 radical (unpaired) electrons. The fourth-order valence-electron chi connectivity index (χ4n) is 2.60. The van der Waals surface area contributed by atoms with Crippen LogP contribution in [0.3, 0.4) is 0 Å². The molecule has 2 aromatic rings. The first-order valence-corrected chi connectivity index (χ1v) is 10.5. The molecule has 0 unspecified atom stereocenters. The number of rotatable bonds is 11. The second kappa shape index (κ2) is 12.4. The first kappa shape index (κ1) is 24.8. The predicted octanol–water partition coefficient (Wildman–Crippen LogP) is 2.55. The van der Waals surface area contributed by atoms with Crippen LogP contribution in [-0.2, 0) is 19.1 Å². The van der Waals surface area contributed by atoms with Gasteiger partial charge in [-0.1, -0.05) is 18.2 Å². The smallest absolute Gasteiger partial charge is 0.339 e. The van der Waals surface area contributed by atoms with Crippen LogP contribution in [0.4, 0.5) is 11.4 Å². The molecule has 0 atom stereocenters. The summed E-state index contributed by atoms with van der Waals surface area (Å²) in [5, 5.41) is 16.2. The van der Waals surface area contributed by atoms with E-state index >= 15 is 0 Å². The van der Waals surface area contributed by atoms with Gasteiger partial charge in [0.25, 0.3) is 11.6 Å². The van der Waals surface area contributed by atoms with Gasteiger partial charge in [0.05, 0.1) is 34.1 Å². The molecule has 0 fully saturated rings. The van der Waals surface area contributed by atoms with E-state index in [0.29, 0.717) is 23.6 Å². The summed E-state index contributed by atoms with van der Waals surface area (Å²) in [6.07, 6.45) is 0. The third-order valence-electron chi connectivity index (χ3n) is 4.20. The molecule has 32 heavy (non-hydrogen) atoms. The van der Waals surface area contributed by atoms with E-state index in [9.17, 15) is 24.5 Å². The highest BCUT2D eigenvalue weighted by molar-refractivity contribution is 8.00. The molecule has 2 aromatic carbocycles. The Labute approximate surface area is 188 Å². The van der Waals surface area contributed by atoms with Crippen LogP contribution in [0.2, 0.25) is 0 Å². The Kier molecular flexibility index (Phi) is 9.64. The first-order valence-electron chi connectivity index (χ1n) is 9.52. The summed E-state index contributed by atoms with van der Waals surface area (Å²) in [4.78, 5) is 47.5. The summed E-state index contributed by atoms with van der Waals surface area (Å²) in [7, 11) is 1.54. The Morgan fingerprint density at radius 1 is 1.09 bits per heavy atom. The number of amides is 2. The Morgan fingerprint density at radius 2 is 1.84 bits per heavy atom. The topological polar surface area (TPSA) is 137 Å². The monoisotopic (exact) mass is 461 g/mol. The van der Waals surface area contributed by atoms with Crippen molar-refractivity contribution in [3.63, 3.8) is 0 Å². The number of esters is 1. The molecule has 0 spiro atoms. The summed E-state index contributed by atoms with van der Waals surface area (Å²) in [6, 6.07) is 10.9. The molecule has 0 heterocycles. The van der Waals surface area contributed by atoms with Gasteiger partial charge in [0.1, 0.15) is 0 Å². The van der Waals surface area contributed by atoms with Crippen molar-refractivity contribution in [3.05, 3.63) is 63.7 Å². The molecule has 2 N–H and O–H groups in total. The van der Waals surface area contributed by atoms with Gasteiger partial charge in [-0.25, -0.2) is 4.79 Å². The minimum atomic E-state index is -0.723. The number of nitro groups is 1. The zero-order valence-corrected chi connectivity index (χ0v) is 18.4. The lowest BCUT2D eigenvalue weighted by Crippen LogP contribution is -2.28. The fourth-order valence-corrected chi connectivity index (χ4v) is 3.47. The number of anilines is 1. The molecule has 0 aliphatic rings. The van der Waals surface area contributed by atoms with Crippen LogP contribution in [0.5, 0.6) is 0 Å². The van der Waals surface area contributed by atoms with Crippen LogP contribution < -0.4 is 10.6 Å². The number of carbonyl (C=O) groups excluding carboxylic acids is 3. The summed E-state index contributed by atoms with van der Waals surface area (Å²) >= 11 is 1.17. The van der Waals surface area contributed by atoms with E-state index in [1.807, 2.05) is 0 Å². The second-order valence-electron chi connectivity index (χ2n) is 6.46. The number of nitrogens with one attached hydrogen (secondary N) is 2. The van der Waals surface area contributed by atoms with Gasteiger partial charge in [-0.3, -0.25) is 19.7 Å². The van der Waals surface area contributed by atoms with Gasteiger partial charge < -0.3 is 20.1 Å². The molecule has 2 amide bonds. The number of carbonyl (C=O) groups is 3. The molecule has 0 bridgehead atoms. The van der Waals surface area contributed by atoms with Crippen LogP contribution in [0.25, 0.3) is 0 Å². The molecule has 11 heteroatoms. The molecular weight excluding hydrogens is 438 g/mol. The van der Waals surface area contributed by atoms with Gasteiger partial charge >= 0.3 is 5.97 Å². The lowest BCUT2D eigenvalue weighted by atomic mass is 10.1. The van der Waals surface area contributed by atoms with Crippen LogP contribution in [0, 0.1) is 17.0 Å². The van der Waals surface area contributed by atoms with E-state index in [1.165, 1.54) is 50.1 Å². The molecular formula is C21H23N3O7S. The second-order valence-corrected chi connectivity index (χ2v) is 7.48. The summed E-state index contributed by atoms with van der Waals surface area (Å²) in [5.74, 6) is -1.47. The number of benzene rings is 2. The van der Waals surface area contributed by atoms with E-state index in [4.69, 9.17) is 9.47 Å². The van der Waals surface area contributed by atoms with Gasteiger partial charge in [0.15, 0.2) is 6.61 Å². The largest absolute Gasteiger partial charge is 0.452 e. The van der Waals surface area contributed by atoms with E-state index in [-0.39, 0.29) is 28.6 Å². The fraction of sp³-hybridized carbons (Fsp3) is 0.286. The molecule has 0 aliphatic carbocycles. The van der Waals surface area contributed by atoms with E-state index < -0.39 is 23.4 Å². The van der Waals surface area contributed by atoms with Gasteiger partial charge in [-0.15, -0.1) is 11.8 Å². The van der Waals surface area contributed by atoms with E-state index in [0.717, 1.165) is 0 Å². The molecule has 0 saturated carbocycles. The SMILES string of the molecule is COCCNC(=O)CSc1ccccc1C(=O)OCC(=O)Nc1cccc([N+](=O)[O-])c1C. The van der Waals surface area contributed by atoms with Crippen LogP contribution in [0.15, 0.2) is 47.4 Å². The van der Waals surface area contributed by atoms with Crippen molar-refractivity contribution in [2.24, 2.45) is 0 Å². The van der Waals surface area contributed by atoms with Crippen molar-refractivity contribution < 1.29 is 28.8 Å². The van der Waals surface area contributed by atoms with Crippen molar-refractivity contribution >= 4 is 40.9 Å². The average Bonchev–Trinajstić information content (AvgIpc) is 2.77. The van der Waals surface area contributed by atoms with Crippen molar-refractivity contribution in [3.8, 4) is 0 Å². The van der Waals surface area contributed by atoms with Crippen molar-refractivity contribution in [2.45, 2.75) is 11.8 Å². The number of nitro benzene ring substituents is 1. The predicted molar refractivity (Wildman–Crippen MR) is 119 cm³/mol. The number of thioether (sulfide) groups is 1. The minimum absolute atomic E-state index is 0.0978. The van der Waals surface area contributed by atoms with Gasteiger partial charge in [0, 0.05) is 24.6 Å². The molecule has 2 rings (SSSR count). The first-order chi connectivity index (χ1) is 15.3. The highest BCUT2D eigenvalue weighted by atomic mass is 32.2. The average molecular weight is 461 g/mol. The van der Waals surface area contributed by atoms with Crippen molar-refractivity contribution in [1.29, 1.82) is 0 Å². The zero-order valence-electron chi connectivity index (χ0n) is 17.6. The molecule has 0 aliphatic heterocycles. The lowest BCUT2D eigenvalue weighted by Gasteiger charge is -2.11. The highest BCUT2D eigenvalue weighted by Crippen LogP contribution is 2.25. The number of methoxy groups -OCH3 is 1. The summed E-state index contributed by atoms with van der Waals surface area (Å²) in [6.45, 7) is 1.73. The quantitative estimate of drug-likeness (QED) is 0.171. The van der Waals surface area contributed by atoms with Gasteiger partial charge in [-0.2, -0.15) is 0 Å². The third-order valence-corrected chi connectivity index (χ3v) is 5.28. The van der Waals surface area contributed by atoms with Crippen molar-refractivity contribution in [1.82, 2.24) is 5.32 Å². The minimum Gasteiger partial charge on any atom is -0.452 e. The van der Waals surface area contributed by atoms with E-state index in [2.05, 4.69) is 10.6 Å². The number of nitrogens with zero attached hydrogens (tertiary/aromatic N) is 1. The standard InChI is InChI=1S/C21H23N3O7S/c1-14-16(7-5-8-17(14)24(28)29)23-19(25)12-31-21(27)15-6-3-4-9-18(15)32-13-20(26)22-10-11-30-2/h3-9H,10-13H2,1-2H3,(H,22,26)(H,23,25). The Morgan fingerprint density at radius 3 is 2.56 bits per heavy atom. The summed E-state index contributed by atoms with van der Waals surface area (Å²) in [5.41, 5.74) is 0.650. The number of ether oxygens (including phenoxy) is 2. The Balaban J connectivity index is 1.93. The molecule has 170 valence electrons. The van der Waals surface area contributed by atoms with Gasteiger partial charge in [-0.05, 0) is 25.1 Å². The molecule has 0 aromatic heterocycles. The highest BCUT2D eigenvalue weighted by Gasteiger charge is 2.18. The maximum absolute atomic E-state index is 12.5. The van der Waals surface area contributed by atoms with Crippen molar-refractivity contribution in [2.75, 3.05) is 37.9 Å². The molecule has 10 nitrogen and oxygen atoms in total. The summed E-state index contributed by atoms with van der Waals surface area (Å²) < 4.78 is 9.96. The van der Waals surface area contributed by atoms with Crippen LogP contribution in [0.1, 0.15) is 15.9 Å². The number of hydrogen-bond donors (Lipinski definition) is 2. The van der Waals surface area contributed by atoms with E-state index in [1.54, 1.807) is 18.2 Å². The van der Waals surface area contributed by atoms with Crippen LogP contribution in [-0.4, -0.2) is 55.3 Å². The number of hydrogen-bond acceptors (Lipinski definition) is 8. The maximum Gasteiger partial charge on any atom is 0.339 e.